The molecule has 0 aliphatic carbocycles. The fourth-order valence-electron chi connectivity index (χ4n) is 7.64. The molecule has 0 atom stereocenters. The molecule has 2 aliphatic rings. The summed E-state index contributed by atoms with van der Waals surface area (Å²) >= 11 is 0. The second kappa shape index (κ2) is 9.61. The topological polar surface area (TPSA) is 6.48 Å². The minimum atomic E-state index is -0.0518. The Morgan fingerprint density at radius 3 is 1.33 bits per heavy atom. The van der Waals surface area contributed by atoms with E-state index in [9.17, 15) is 0 Å². The van der Waals surface area contributed by atoms with Gasteiger partial charge >= 0.3 is 0 Å². The maximum atomic E-state index is 2.54. The number of rotatable bonds is 2. The summed E-state index contributed by atoms with van der Waals surface area (Å²) in [6.07, 6.45) is 0. The van der Waals surface area contributed by atoms with Gasteiger partial charge in [-0.15, -0.1) is 0 Å². The molecule has 9 rings (SSSR count). The Labute approximate surface area is 265 Å². The van der Waals surface area contributed by atoms with Crippen LogP contribution in [0.2, 0.25) is 0 Å². The Bertz CT molecular complexity index is 2120. The highest BCUT2D eigenvalue weighted by molar-refractivity contribution is 7.00. The zero-order chi connectivity index (χ0) is 30.3. The minimum Gasteiger partial charge on any atom is -0.311 e. The molecule has 2 aliphatic heterocycles. The second-order valence-corrected chi connectivity index (χ2v) is 13.4. The summed E-state index contributed by atoms with van der Waals surface area (Å²) < 4.78 is 0. The molecule has 7 aromatic rings. The van der Waals surface area contributed by atoms with Crippen LogP contribution in [0.3, 0.4) is 0 Å². The lowest BCUT2D eigenvalue weighted by Gasteiger charge is -2.45. The van der Waals surface area contributed by atoms with Crippen molar-refractivity contribution in [2.75, 3.05) is 9.80 Å². The van der Waals surface area contributed by atoms with E-state index < -0.39 is 0 Å². The molecule has 2 heterocycles. The summed E-state index contributed by atoms with van der Waals surface area (Å²) in [5.74, 6) is 0. The van der Waals surface area contributed by atoms with Crippen molar-refractivity contribution >= 4 is 78.8 Å². The van der Waals surface area contributed by atoms with Gasteiger partial charge in [-0.3, -0.25) is 0 Å². The second-order valence-electron chi connectivity index (χ2n) is 13.4. The first kappa shape index (κ1) is 26.2. The number of hydrogen-bond donors (Lipinski definition) is 0. The number of fused-ring (bicyclic) bond motifs is 8. The van der Waals surface area contributed by atoms with Gasteiger partial charge in [0, 0.05) is 44.9 Å². The predicted molar refractivity (Wildman–Crippen MR) is 194 cm³/mol. The van der Waals surface area contributed by atoms with Gasteiger partial charge in [0.1, 0.15) is 0 Å². The molecular weight excluding hydrogens is 543 g/mol. The predicted octanol–water partition coefficient (Wildman–Crippen LogP) is 9.37. The molecule has 0 bridgehead atoms. The van der Waals surface area contributed by atoms with Crippen molar-refractivity contribution in [1.29, 1.82) is 0 Å². The number of nitrogens with zero attached hydrogens (tertiary/aromatic N) is 2. The Balaban J connectivity index is 1.49. The lowest BCUT2D eigenvalue weighted by Crippen LogP contribution is -2.61. The molecule has 0 spiro atoms. The Kier molecular flexibility index (Phi) is 5.59. The third-order valence-electron chi connectivity index (χ3n) is 9.73. The van der Waals surface area contributed by atoms with Crippen LogP contribution < -0.4 is 26.2 Å². The van der Waals surface area contributed by atoms with Crippen LogP contribution in [0.4, 0.5) is 34.1 Å². The van der Waals surface area contributed by atoms with Crippen molar-refractivity contribution in [3.05, 3.63) is 151 Å². The lowest BCUT2D eigenvalue weighted by atomic mass is 9.33. The van der Waals surface area contributed by atoms with Crippen LogP contribution in [0.25, 0.3) is 21.5 Å². The molecule has 45 heavy (non-hydrogen) atoms. The fraction of sp³-hybridized carbons (Fsp3) is 0.0952. The highest BCUT2D eigenvalue weighted by Crippen LogP contribution is 2.48. The van der Waals surface area contributed by atoms with E-state index in [4.69, 9.17) is 0 Å². The van der Waals surface area contributed by atoms with Gasteiger partial charge in [0.25, 0.3) is 6.71 Å². The first-order valence-electron chi connectivity index (χ1n) is 15.9. The molecule has 3 heteroatoms. The Hall–Kier alpha value is -5.28. The van der Waals surface area contributed by atoms with Crippen molar-refractivity contribution in [3.8, 4) is 0 Å². The van der Waals surface area contributed by atoms with Crippen molar-refractivity contribution in [1.82, 2.24) is 0 Å². The average Bonchev–Trinajstić information content (AvgIpc) is 3.08. The fourth-order valence-corrected chi connectivity index (χ4v) is 7.64. The summed E-state index contributed by atoms with van der Waals surface area (Å²) in [6, 6.07) is 53.9. The van der Waals surface area contributed by atoms with Gasteiger partial charge in [0.15, 0.2) is 0 Å². The van der Waals surface area contributed by atoms with Gasteiger partial charge in [-0.05, 0) is 74.5 Å². The SMILES string of the molecule is CC(C)(C)c1cc2c3c(c1)N(c1ccccc1)c1c(ccc4ccccc14)B3c1ccc3ccccc3c1N2c1ccccc1. The monoisotopic (exact) mass is 576 g/mol. The molecule has 0 fully saturated rings. The lowest BCUT2D eigenvalue weighted by molar-refractivity contribution is 0.590. The van der Waals surface area contributed by atoms with Gasteiger partial charge in [0.2, 0.25) is 0 Å². The molecule has 0 amide bonds. The van der Waals surface area contributed by atoms with Crippen LogP contribution in [-0.4, -0.2) is 6.71 Å². The van der Waals surface area contributed by atoms with E-state index in [1.807, 2.05) is 0 Å². The quantitative estimate of drug-likeness (QED) is 0.189. The summed E-state index contributed by atoms with van der Waals surface area (Å²) in [4.78, 5) is 5.08. The standard InChI is InChI=1S/C42H33BN2/c1-42(2,3)30-26-37-39-38(27-30)45(32-18-8-5-9-19-32)41-34-21-13-11-15-29(34)23-25-36(41)43(39)35-24-22-28-14-10-12-20-33(28)40(35)44(37)31-16-6-4-7-17-31/h4-27H,1-3H3. The van der Waals surface area contributed by atoms with Crippen molar-refractivity contribution in [2.45, 2.75) is 26.2 Å². The molecule has 0 radical (unpaired) electrons. The van der Waals surface area contributed by atoms with Gasteiger partial charge < -0.3 is 9.80 Å². The summed E-state index contributed by atoms with van der Waals surface area (Å²) in [5.41, 5.74) is 12.8. The van der Waals surface area contributed by atoms with Crippen molar-refractivity contribution in [3.63, 3.8) is 0 Å². The third kappa shape index (κ3) is 3.83. The number of hydrogen-bond acceptors (Lipinski definition) is 2. The van der Waals surface area contributed by atoms with E-state index in [1.165, 1.54) is 77.6 Å². The van der Waals surface area contributed by atoms with Crippen LogP contribution in [0, 0.1) is 0 Å². The van der Waals surface area contributed by atoms with E-state index in [0.717, 1.165) is 0 Å². The molecule has 0 aromatic heterocycles. The highest BCUT2D eigenvalue weighted by Gasteiger charge is 2.45. The van der Waals surface area contributed by atoms with E-state index in [-0.39, 0.29) is 12.1 Å². The van der Waals surface area contributed by atoms with Crippen LogP contribution in [0.5, 0.6) is 0 Å². The molecule has 2 nitrogen and oxygen atoms in total. The summed E-state index contributed by atoms with van der Waals surface area (Å²) in [7, 11) is 0. The Morgan fingerprint density at radius 2 is 0.889 bits per heavy atom. The van der Waals surface area contributed by atoms with Gasteiger partial charge in [-0.1, -0.05) is 130 Å². The molecule has 0 N–H and O–H groups in total. The van der Waals surface area contributed by atoms with Gasteiger partial charge in [0.05, 0.1) is 0 Å². The zero-order valence-corrected chi connectivity index (χ0v) is 25.8. The van der Waals surface area contributed by atoms with E-state index >= 15 is 0 Å². The first-order chi connectivity index (χ1) is 22.0. The minimum absolute atomic E-state index is 0.0518. The maximum absolute atomic E-state index is 2.54. The van der Waals surface area contributed by atoms with Crippen LogP contribution in [-0.2, 0) is 5.41 Å². The van der Waals surface area contributed by atoms with Crippen LogP contribution in [0.1, 0.15) is 26.3 Å². The normalized spacial score (nSPS) is 13.5. The average molecular weight is 577 g/mol. The van der Waals surface area contributed by atoms with Gasteiger partial charge in [-0.25, -0.2) is 0 Å². The van der Waals surface area contributed by atoms with Crippen molar-refractivity contribution < 1.29 is 0 Å². The number of para-hydroxylation sites is 2. The molecule has 0 saturated carbocycles. The molecule has 214 valence electrons. The van der Waals surface area contributed by atoms with Crippen molar-refractivity contribution in [2.24, 2.45) is 0 Å². The largest absolute Gasteiger partial charge is 0.311 e. The third-order valence-corrected chi connectivity index (χ3v) is 9.73. The number of benzene rings is 7. The molecule has 0 saturated heterocycles. The molecular formula is C42H33BN2. The van der Waals surface area contributed by atoms with E-state index in [0.29, 0.717) is 0 Å². The maximum Gasteiger partial charge on any atom is 0.252 e. The first-order valence-corrected chi connectivity index (χ1v) is 15.9. The molecule has 0 unspecified atom stereocenters. The van der Waals surface area contributed by atoms with Gasteiger partial charge in [-0.2, -0.15) is 0 Å². The van der Waals surface area contributed by atoms with E-state index in [2.05, 4.69) is 176 Å². The number of anilines is 6. The summed E-state index contributed by atoms with van der Waals surface area (Å²) in [6.45, 7) is 7.08. The van der Waals surface area contributed by atoms with E-state index in [1.54, 1.807) is 0 Å². The molecule has 7 aromatic carbocycles. The zero-order valence-electron chi connectivity index (χ0n) is 25.8. The smallest absolute Gasteiger partial charge is 0.252 e. The van der Waals surface area contributed by atoms with Crippen LogP contribution in [0.15, 0.2) is 146 Å². The highest BCUT2D eigenvalue weighted by atomic mass is 15.2. The Morgan fingerprint density at radius 1 is 0.467 bits per heavy atom. The summed E-state index contributed by atoms with van der Waals surface area (Å²) in [5, 5.41) is 5.07. The van der Waals surface area contributed by atoms with Crippen LogP contribution >= 0.6 is 0 Å².